The molecule has 2 aromatic rings. The second-order valence-corrected chi connectivity index (χ2v) is 6.74. The minimum Gasteiger partial charge on any atom is -0.317 e. The van der Waals surface area contributed by atoms with E-state index in [1.807, 2.05) is 11.3 Å². The first-order valence-corrected chi connectivity index (χ1v) is 8.21. The molecule has 0 atom stereocenters. The van der Waals surface area contributed by atoms with Crippen LogP contribution in [0.3, 0.4) is 0 Å². The second-order valence-electron chi connectivity index (χ2n) is 4.60. The molecule has 1 aromatic heterocycles. The number of nitrogens with zero attached hydrogens (tertiary/aromatic N) is 1. The molecular formula is C14H16ClIN2S. The van der Waals surface area contributed by atoms with Crippen LogP contribution in [0.1, 0.15) is 23.8 Å². The largest absolute Gasteiger partial charge is 0.317 e. The minimum absolute atomic E-state index is 0. The van der Waals surface area contributed by atoms with Gasteiger partial charge in [0.1, 0.15) is 0 Å². The summed E-state index contributed by atoms with van der Waals surface area (Å²) in [4.78, 5) is 4.82. The zero-order valence-corrected chi connectivity index (χ0v) is 14.2. The Balaban J connectivity index is 0.00000133. The van der Waals surface area contributed by atoms with Crippen molar-refractivity contribution in [1.82, 2.24) is 10.3 Å². The van der Waals surface area contributed by atoms with Crippen LogP contribution >= 0.6 is 46.3 Å². The number of aromatic nitrogens is 1. The predicted octanol–water partition coefficient (Wildman–Crippen LogP) is 4.30. The second kappa shape index (κ2) is 7.02. The first kappa shape index (κ1) is 15.2. The topological polar surface area (TPSA) is 24.9 Å². The molecule has 2 heterocycles. The number of hydrogen-bond acceptors (Lipinski definition) is 3. The van der Waals surface area contributed by atoms with Crippen molar-refractivity contribution in [2.24, 2.45) is 0 Å². The molecule has 3 rings (SSSR count). The van der Waals surface area contributed by atoms with Gasteiger partial charge in [0.15, 0.2) is 0 Å². The van der Waals surface area contributed by atoms with E-state index in [9.17, 15) is 0 Å². The molecule has 0 unspecified atom stereocenters. The normalized spacial score (nSPS) is 16.1. The number of hydrogen-bond donors (Lipinski definition) is 1. The van der Waals surface area contributed by atoms with Crippen molar-refractivity contribution >= 4 is 46.3 Å². The van der Waals surface area contributed by atoms with E-state index in [1.165, 1.54) is 27.0 Å². The Bertz CT molecular complexity index is 520. The van der Waals surface area contributed by atoms with Crippen molar-refractivity contribution in [3.05, 3.63) is 38.2 Å². The van der Waals surface area contributed by atoms with Gasteiger partial charge in [-0.3, -0.25) is 0 Å². The van der Waals surface area contributed by atoms with Crippen molar-refractivity contribution in [1.29, 1.82) is 0 Å². The van der Waals surface area contributed by atoms with Gasteiger partial charge in [-0.15, -0.1) is 23.7 Å². The van der Waals surface area contributed by atoms with E-state index in [2.05, 4.69) is 57.6 Å². The van der Waals surface area contributed by atoms with Gasteiger partial charge < -0.3 is 5.32 Å². The van der Waals surface area contributed by atoms with Crippen LogP contribution in [-0.4, -0.2) is 18.1 Å². The number of rotatable bonds is 2. The van der Waals surface area contributed by atoms with Crippen LogP contribution < -0.4 is 5.32 Å². The first-order valence-electron chi connectivity index (χ1n) is 6.25. The molecule has 1 aromatic carbocycles. The standard InChI is InChI=1S/C14H15IN2S.ClH/c15-12-3-1-10(2-4-12)13-9-18-14(17-13)11-5-7-16-8-6-11;/h1-4,9,11,16H,5-8H2;1H. The molecular weight excluding hydrogens is 391 g/mol. The van der Waals surface area contributed by atoms with Crippen LogP contribution in [0.25, 0.3) is 11.3 Å². The fraction of sp³-hybridized carbons (Fsp3) is 0.357. The summed E-state index contributed by atoms with van der Waals surface area (Å²) in [6.07, 6.45) is 2.44. The predicted molar refractivity (Wildman–Crippen MR) is 92.4 cm³/mol. The summed E-state index contributed by atoms with van der Waals surface area (Å²) in [7, 11) is 0. The Labute approximate surface area is 137 Å². The Morgan fingerprint density at radius 1 is 1.16 bits per heavy atom. The van der Waals surface area contributed by atoms with Crippen LogP contribution in [0, 0.1) is 3.57 Å². The summed E-state index contributed by atoms with van der Waals surface area (Å²) >= 11 is 4.15. The summed E-state index contributed by atoms with van der Waals surface area (Å²) in [6.45, 7) is 2.26. The third kappa shape index (κ3) is 3.68. The van der Waals surface area contributed by atoms with Crippen molar-refractivity contribution < 1.29 is 0 Å². The molecule has 1 aliphatic heterocycles. The summed E-state index contributed by atoms with van der Waals surface area (Å²) < 4.78 is 1.27. The Morgan fingerprint density at radius 2 is 1.84 bits per heavy atom. The van der Waals surface area contributed by atoms with Gasteiger partial charge in [-0.05, 0) is 60.7 Å². The van der Waals surface area contributed by atoms with Crippen LogP contribution in [0.5, 0.6) is 0 Å². The number of piperidine rings is 1. The maximum absolute atomic E-state index is 4.82. The number of nitrogens with one attached hydrogen (secondary N) is 1. The average molecular weight is 407 g/mol. The Hall–Kier alpha value is -0.170. The number of benzene rings is 1. The van der Waals surface area contributed by atoms with Gasteiger partial charge in [0.2, 0.25) is 0 Å². The van der Waals surface area contributed by atoms with Gasteiger partial charge in [0.05, 0.1) is 10.7 Å². The van der Waals surface area contributed by atoms with E-state index < -0.39 is 0 Å². The van der Waals surface area contributed by atoms with Gasteiger partial charge in [0, 0.05) is 20.4 Å². The minimum atomic E-state index is 0. The number of thiazole rings is 1. The Morgan fingerprint density at radius 3 is 2.53 bits per heavy atom. The zero-order chi connectivity index (χ0) is 12.4. The molecule has 0 amide bonds. The molecule has 0 bridgehead atoms. The molecule has 1 aliphatic rings. The molecule has 0 saturated carbocycles. The van der Waals surface area contributed by atoms with E-state index in [-0.39, 0.29) is 12.4 Å². The van der Waals surface area contributed by atoms with E-state index in [0.29, 0.717) is 5.92 Å². The average Bonchev–Trinajstić information content (AvgIpc) is 2.90. The van der Waals surface area contributed by atoms with Crippen LogP contribution in [0.4, 0.5) is 0 Å². The highest BCUT2D eigenvalue weighted by Gasteiger charge is 2.18. The molecule has 5 heteroatoms. The highest BCUT2D eigenvalue weighted by molar-refractivity contribution is 14.1. The summed E-state index contributed by atoms with van der Waals surface area (Å²) in [5, 5.41) is 6.91. The van der Waals surface area contributed by atoms with Gasteiger partial charge in [-0.1, -0.05) is 12.1 Å². The zero-order valence-electron chi connectivity index (χ0n) is 10.4. The molecule has 19 heavy (non-hydrogen) atoms. The van der Waals surface area contributed by atoms with Crippen LogP contribution in [-0.2, 0) is 0 Å². The summed E-state index contributed by atoms with van der Waals surface area (Å²) in [5.41, 5.74) is 2.36. The molecule has 1 N–H and O–H groups in total. The molecule has 0 spiro atoms. The van der Waals surface area contributed by atoms with Crippen LogP contribution in [0.2, 0.25) is 0 Å². The SMILES string of the molecule is Cl.Ic1ccc(-c2csc(C3CCNCC3)n2)cc1. The lowest BCUT2D eigenvalue weighted by Gasteiger charge is -2.20. The quantitative estimate of drug-likeness (QED) is 0.752. The van der Waals surface area contributed by atoms with Crippen molar-refractivity contribution in [3.8, 4) is 11.3 Å². The molecule has 1 saturated heterocycles. The summed E-state index contributed by atoms with van der Waals surface area (Å²) in [6, 6.07) is 8.59. The third-order valence-electron chi connectivity index (χ3n) is 3.35. The van der Waals surface area contributed by atoms with Gasteiger partial charge >= 0.3 is 0 Å². The molecule has 1 fully saturated rings. The first-order chi connectivity index (χ1) is 8.83. The van der Waals surface area contributed by atoms with Crippen molar-refractivity contribution in [2.45, 2.75) is 18.8 Å². The van der Waals surface area contributed by atoms with Gasteiger partial charge in [0.25, 0.3) is 0 Å². The van der Waals surface area contributed by atoms with Crippen molar-refractivity contribution in [2.75, 3.05) is 13.1 Å². The maximum Gasteiger partial charge on any atom is 0.0964 e. The maximum atomic E-state index is 4.82. The van der Waals surface area contributed by atoms with Gasteiger partial charge in [-0.25, -0.2) is 4.98 Å². The van der Waals surface area contributed by atoms with Crippen LogP contribution in [0.15, 0.2) is 29.6 Å². The lowest BCUT2D eigenvalue weighted by molar-refractivity contribution is 0.459. The Kier molecular flexibility index (Phi) is 5.62. The van der Waals surface area contributed by atoms with Crippen molar-refractivity contribution in [3.63, 3.8) is 0 Å². The number of halogens is 2. The smallest absolute Gasteiger partial charge is 0.0964 e. The lowest BCUT2D eigenvalue weighted by Crippen LogP contribution is -2.26. The monoisotopic (exact) mass is 406 g/mol. The fourth-order valence-corrected chi connectivity index (χ4v) is 3.66. The highest BCUT2D eigenvalue weighted by atomic mass is 127. The lowest BCUT2D eigenvalue weighted by atomic mass is 9.99. The van der Waals surface area contributed by atoms with E-state index in [1.54, 1.807) is 0 Å². The summed E-state index contributed by atoms with van der Waals surface area (Å²) in [5.74, 6) is 0.661. The van der Waals surface area contributed by atoms with E-state index in [4.69, 9.17) is 4.98 Å². The highest BCUT2D eigenvalue weighted by Crippen LogP contribution is 2.31. The molecule has 0 aliphatic carbocycles. The molecule has 0 radical (unpaired) electrons. The van der Waals surface area contributed by atoms with Gasteiger partial charge in [-0.2, -0.15) is 0 Å². The van der Waals surface area contributed by atoms with E-state index >= 15 is 0 Å². The molecule has 2 nitrogen and oxygen atoms in total. The third-order valence-corrected chi connectivity index (χ3v) is 5.08. The van der Waals surface area contributed by atoms with E-state index in [0.717, 1.165) is 18.8 Å². The fourth-order valence-electron chi connectivity index (χ4n) is 2.30. The molecule has 102 valence electrons.